The van der Waals surface area contributed by atoms with Crippen LogP contribution in [0.1, 0.15) is 19.4 Å². The van der Waals surface area contributed by atoms with Crippen molar-refractivity contribution in [3.8, 4) is 11.5 Å². The lowest BCUT2D eigenvalue weighted by Crippen LogP contribution is -2.35. The number of amides is 1. The molecule has 1 amide bonds. The predicted molar refractivity (Wildman–Crippen MR) is 103 cm³/mol. The monoisotopic (exact) mass is 349 g/mol. The molecule has 0 aliphatic rings. The summed E-state index contributed by atoms with van der Waals surface area (Å²) in [5.74, 6) is 1.40. The first-order chi connectivity index (χ1) is 12.7. The quantitative estimate of drug-likeness (QED) is 0.691. The van der Waals surface area contributed by atoms with Crippen molar-refractivity contribution < 1.29 is 14.3 Å². The van der Waals surface area contributed by atoms with Gasteiger partial charge in [0.1, 0.15) is 11.5 Å². The molecule has 0 aromatic heterocycles. The van der Waals surface area contributed by atoms with Gasteiger partial charge in [-0.15, -0.1) is 0 Å². The third kappa shape index (κ3) is 4.33. The Morgan fingerprint density at radius 3 is 2.50 bits per heavy atom. The van der Waals surface area contributed by atoms with Gasteiger partial charge in [-0.1, -0.05) is 48.5 Å². The van der Waals surface area contributed by atoms with Crippen LogP contribution in [0, 0.1) is 0 Å². The van der Waals surface area contributed by atoms with Crippen molar-refractivity contribution in [2.24, 2.45) is 0 Å². The molecule has 0 saturated carbocycles. The maximum Gasteiger partial charge on any atom is 0.261 e. The number of nitrogens with one attached hydrogen (secondary N) is 1. The Labute approximate surface area is 153 Å². The Bertz CT molecular complexity index is 869. The van der Waals surface area contributed by atoms with Crippen LogP contribution in [0.25, 0.3) is 10.8 Å². The van der Waals surface area contributed by atoms with Gasteiger partial charge in [0.05, 0.1) is 6.61 Å². The lowest BCUT2D eigenvalue weighted by Gasteiger charge is -2.16. The second-order valence-corrected chi connectivity index (χ2v) is 6.03. The maximum absolute atomic E-state index is 12.4. The lowest BCUT2D eigenvalue weighted by atomic mass is 10.1. The molecule has 0 radical (unpaired) electrons. The van der Waals surface area contributed by atoms with Crippen molar-refractivity contribution in [3.63, 3.8) is 0 Å². The third-order valence-electron chi connectivity index (χ3n) is 4.12. The highest BCUT2D eigenvalue weighted by Crippen LogP contribution is 2.26. The van der Waals surface area contributed by atoms with Gasteiger partial charge in [0.25, 0.3) is 5.91 Å². The van der Waals surface area contributed by atoms with Crippen molar-refractivity contribution in [3.05, 3.63) is 72.3 Å². The minimum Gasteiger partial charge on any atom is -0.494 e. The zero-order valence-corrected chi connectivity index (χ0v) is 15.1. The maximum atomic E-state index is 12.4. The van der Waals surface area contributed by atoms with E-state index in [0.29, 0.717) is 18.9 Å². The summed E-state index contributed by atoms with van der Waals surface area (Å²) in [4.78, 5) is 12.4. The fourth-order valence-electron chi connectivity index (χ4n) is 2.75. The molecule has 4 nitrogen and oxygen atoms in total. The number of rotatable bonds is 7. The molecular weight excluding hydrogens is 326 g/mol. The summed E-state index contributed by atoms with van der Waals surface area (Å²) in [6, 6.07) is 21.5. The molecule has 0 spiro atoms. The molecule has 1 N–H and O–H groups in total. The molecule has 3 rings (SSSR count). The highest BCUT2D eigenvalue weighted by molar-refractivity contribution is 5.89. The number of fused-ring (bicyclic) bond motifs is 1. The van der Waals surface area contributed by atoms with Crippen LogP contribution in [-0.2, 0) is 11.3 Å². The van der Waals surface area contributed by atoms with Gasteiger partial charge >= 0.3 is 0 Å². The van der Waals surface area contributed by atoms with Crippen LogP contribution in [0.2, 0.25) is 0 Å². The van der Waals surface area contributed by atoms with Crippen molar-refractivity contribution in [2.75, 3.05) is 6.61 Å². The highest BCUT2D eigenvalue weighted by Gasteiger charge is 2.15. The zero-order chi connectivity index (χ0) is 18.4. The standard InChI is InChI=1S/C22H23NO3/c1-3-25-19-13-11-17(12-14-19)15-23-22(24)16(2)26-21-10-6-8-18-7-4-5-9-20(18)21/h4-14,16H,3,15H2,1-2H3,(H,23,24)/t16-/m1/s1. The summed E-state index contributed by atoms with van der Waals surface area (Å²) in [5.41, 5.74) is 1.01. The average Bonchev–Trinajstić information content (AvgIpc) is 2.67. The van der Waals surface area contributed by atoms with Gasteiger partial charge in [0, 0.05) is 11.9 Å². The summed E-state index contributed by atoms with van der Waals surface area (Å²) in [6.45, 7) is 4.80. The first kappa shape index (κ1) is 17.8. The number of hydrogen-bond donors (Lipinski definition) is 1. The fraction of sp³-hybridized carbons (Fsp3) is 0.227. The average molecular weight is 349 g/mol. The molecule has 3 aromatic carbocycles. The van der Waals surface area contributed by atoms with Crippen LogP contribution >= 0.6 is 0 Å². The van der Waals surface area contributed by atoms with E-state index in [1.165, 1.54) is 0 Å². The van der Waals surface area contributed by atoms with Gasteiger partial charge in [-0.3, -0.25) is 4.79 Å². The van der Waals surface area contributed by atoms with E-state index in [2.05, 4.69) is 5.32 Å². The first-order valence-electron chi connectivity index (χ1n) is 8.81. The van der Waals surface area contributed by atoms with E-state index >= 15 is 0 Å². The Balaban J connectivity index is 1.59. The largest absolute Gasteiger partial charge is 0.494 e. The lowest BCUT2D eigenvalue weighted by molar-refractivity contribution is -0.127. The van der Waals surface area contributed by atoms with E-state index in [9.17, 15) is 4.79 Å². The van der Waals surface area contributed by atoms with Crippen molar-refractivity contribution in [1.82, 2.24) is 5.32 Å². The second kappa shape index (κ2) is 8.39. The molecule has 0 saturated heterocycles. The Morgan fingerprint density at radius 2 is 1.73 bits per heavy atom. The minimum absolute atomic E-state index is 0.146. The van der Waals surface area contributed by atoms with Crippen LogP contribution in [0.4, 0.5) is 0 Å². The topological polar surface area (TPSA) is 47.6 Å². The van der Waals surface area contributed by atoms with Crippen LogP contribution in [0.15, 0.2) is 66.7 Å². The van der Waals surface area contributed by atoms with Crippen LogP contribution in [0.3, 0.4) is 0 Å². The minimum atomic E-state index is -0.580. The van der Waals surface area contributed by atoms with E-state index < -0.39 is 6.10 Å². The molecule has 4 heteroatoms. The van der Waals surface area contributed by atoms with Gasteiger partial charge in [-0.25, -0.2) is 0 Å². The molecule has 26 heavy (non-hydrogen) atoms. The summed E-state index contributed by atoms with van der Waals surface area (Å²) in [5, 5.41) is 5.00. The van der Waals surface area contributed by atoms with Gasteiger partial charge in [0.2, 0.25) is 0 Å². The summed E-state index contributed by atoms with van der Waals surface area (Å²) in [7, 11) is 0. The number of hydrogen-bond acceptors (Lipinski definition) is 3. The normalized spacial score (nSPS) is 11.8. The number of benzene rings is 3. The molecule has 0 unspecified atom stereocenters. The van der Waals surface area contributed by atoms with Crippen LogP contribution in [-0.4, -0.2) is 18.6 Å². The summed E-state index contributed by atoms with van der Waals surface area (Å²) >= 11 is 0. The zero-order valence-electron chi connectivity index (χ0n) is 15.1. The fourth-order valence-corrected chi connectivity index (χ4v) is 2.75. The van der Waals surface area contributed by atoms with Crippen molar-refractivity contribution in [2.45, 2.75) is 26.5 Å². The molecule has 0 aliphatic carbocycles. The van der Waals surface area contributed by atoms with Crippen LogP contribution in [0.5, 0.6) is 11.5 Å². The SMILES string of the molecule is CCOc1ccc(CNC(=O)[C@@H](C)Oc2cccc3ccccc23)cc1. The number of carbonyl (C=O) groups excluding carboxylic acids is 1. The Kier molecular flexibility index (Phi) is 5.74. The third-order valence-corrected chi connectivity index (χ3v) is 4.12. The van der Waals surface area contributed by atoms with E-state index in [-0.39, 0.29) is 5.91 Å². The van der Waals surface area contributed by atoms with E-state index in [1.807, 2.05) is 73.7 Å². The molecule has 0 aliphatic heterocycles. The summed E-state index contributed by atoms with van der Waals surface area (Å²) in [6.07, 6.45) is -0.580. The van der Waals surface area contributed by atoms with E-state index in [1.54, 1.807) is 6.92 Å². The van der Waals surface area contributed by atoms with E-state index in [0.717, 1.165) is 22.1 Å². The predicted octanol–water partition coefficient (Wildman–Crippen LogP) is 4.32. The second-order valence-electron chi connectivity index (χ2n) is 6.03. The van der Waals surface area contributed by atoms with Gasteiger partial charge in [-0.2, -0.15) is 0 Å². The molecule has 134 valence electrons. The smallest absolute Gasteiger partial charge is 0.261 e. The van der Waals surface area contributed by atoms with Crippen molar-refractivity contribution in [1.29, 1.82) is 0 Å². The molecule has 0 heterocycles. The molecule has 0 bridgehead atoms. The number of ether oxygens (including phenoxy) is 2. The van der Waals surface area contributed by atoms with Gasteiger partial charge in [0.15, 0.2) is 6.10 Å². The van der Waals surface area contributed by atoms with E-state index in [4.69, 9.17) is 9.47 Å². The van der Waals surface area contributed by atoms with Crippen molar-refractivity contribution >= 4 is 16.7 Å². The molecule has 1 atom stereocenters. The Morgan fingerprint density at radius 1 is 1.00 bits per heavy atom. The number of carbonyl (C=O) groups is 1. The van der Waals surface area contributed by atoms with Crippen LogP contribution < -0.4 is 14.8 Å². The highest BCUT2D eigenvalue weighted by atomic mass is 16.5. The first-order valence-corrected chi connectivity index (χ1v) is 8.81. The van der Waals surface area contributed by atoms with Gasteiger partial charge in [-0.05, 0) is 43.0 Å². The summed E-state index contributed by atoms with van der Waals surface area (Å²) < 4.78 is 11.3. The molecule has 0 fully saturated rings. The van der Waals surface area contributed by atoms with Gasteiger partial charge < -0.3 is 14.8 Å². The molecular formula is C22H23NO3. The molecule has 3 aromatic rings. The Hall–Kier alpha value is -3.01.